The van der Waals surface area contributed by atoms with Gasteiger partial charge in [0, 0.05) is 43.9 Å². The van der Waals surface area contributed by atoms with Crippen LogP contribution in [0.5, 0.6) is 0 Å². The molecule has 204 valence electrons. The number of rotatable bonds is 8. The van der Waals surface area contributed by atoms with Crippen LogP contribution in [0.4, 0.5) is 5.69 Å². The smallest absolute Gasteiger partial charge is 0.290 e. The second-order valence-electron chi connectivity index (χ2n) is 11.8. The Morgan fingerprint density at radius 2 is 2.05 bits per heavy atom. The van der Waals surface area contributed by atoms with E-state index in [-0.39, 0.29) is 22.8 Å². The Morgan fingerprint density at radius 1 is 1.26 bits per heavy atom. The molecule has 1 unspecified atom stereocenters. The van der Waals surface area contributed by atoms with E-state index in [4.69, 9.17) is 14.7 Å². The van der Waals surface area contributed by atoms with Crippen molar-refractivity contribution in [2.24, 2.45) is 10.4 Å². The highest BCUT2D eigenvalue weighted by molar-refractivity contribution is 6.42. The number of amides is 1. The summed E-state index contributed by atoms with van der Waals surface area (Å²) in [5.74, 6) is -0.0902. The molecule has 4 aliphatic rings. The maximum atomic E-state index is 13.1. The fourth-order valence-corrected chi connectivity index (χ4v) is 5.95. The van der Waals surface area contributed by atoms with E-state index in [9.17, 15) is 4.79 Å². The topological polar surface area (TPSA) is 99.0 Å². The van der Waals surface area contributed by atoms with Crippen molar-refractivity contribution in [3.63, 3.8) is 0 Å². The molecule has 0 bridgehead atoms. The number of anilines is 1. The van der Waals surface area contributed by atoms with E-state index in [1.54, 1.807) is 0 Å². The van der Waals surface area contributed by atoms with Gasteiger partial charge in [0.1, 0.15) is 6.04 Å². The molecule has 1 atom stereocenters. The number of ether oxygens (including phenoxy) is 2. The molecule has 1 amide bonds. The molecule has 0 aromatic heterocycles. The van der Waals surface area contributed by atoms with Crippen LogP contribution in [-0.4, -0.2) is 68.7 Å². The first-order valence-electron chi connectivity index (χ1n) is 14.2. The Bertz CT molecular complexity index is 1120. The largest absolute Gasteiger partial charge is 0.381 e. The zero-order chi connectivity index (χ0) is 26.6. The standard InChI is InChI=1S/C30H41N5O3/c1-29(2)9-7-22(8-10-29)25-19-23(5-6-26(25)34-28(36)27-32-21-24(20-31)33-27)30(11-16-37-17-12-30)38-18-15-35-13-3-4-14-35/h5-7,19,24H,3-4,8-18,21H2,1-2H3,(H,32,33)(H,34,36). The Kier molecular flexibility index (Phi) is 8.18. The lowest BCUT2D eigenvalue weighted by molar-refractivity contribution is -0.119. The lowest BCUT2D eigenvalue weighted by atomic mass is 9.76. The maximum absolute atomic E-state index is 13.1. The van der Waals surface area contributed by atoms with Crippen LogP contribution in [-0.2, 0) is 19.9 Å². The Morgan fingerprint density at radius 3 is 2.74 bits per heavy atom. The molecule has 2 saturated heterocycles. The highest BCUT2D eigenvalue weighted by atomic mass is 16.5. The van der Waals surface area contributed by atoms with Crippen LogP contribution >= 0.6 is 0 Å². The molecule has 3 aliphatic heterocycles. The number of hydrogen-bond acceptors (Lipinski definition) is 7. The molecule has 0 saturated carbocycles. The minimum atomic E-state index is -0.452. The van der Waals surface area contributed by atoms with Gasteiger partial charge in [0.2, 0.25) is 0 Å². The Hall–Kier alpha value is -2.73. The van der Waals surface area contributed by atoms with Crippen LogP contribution in [0.15, 0.2) is 29.3 Å². The van der Waals surface area contributed by atoms with Gasteiger partial charge in [-0.3, -0.25) is 9.79 Å². The first-order chi connectivity index (χ1) is 18.4. The number of amidine groups is 1. The summed E-state index contributed by atoms with van der Waals surface area (Å²) in [7, 11) is 0. The molecule has 0 spiro atoms. The third kappa shape index (κ3) is 6.12. The first-order valence-corrected chi connectivity index (χ1v) is 14.2. The van der Waals surface area contributed by atoms with Crippen LogP contribution in [0.1, 0.15) is 69.9 Å². The van der Waals surface area contributed by atoms with Crippen molar-refractivity contribution >= 4 is 23.0 Å². The number of benzene rings is 1. The molecule has 3 heterocycles. The van der Waals surface area contributed by atoms with Gasteiger partial charge in [0.05, 0.1) is 24.8 Å². The third-order valence-corrected chi connectivity index (χ3v) is 8.51. The van der Waals surface area contributed by atoms with E-state index in [0.717, 1.165) is 68.6 Å². The van der Waals surface area contributed by atoms with Crippen molar-refractivity contribution in [1.82, 2.24) is 10.2 Å². The summed E-state index contributed by atoms with van der Waals surface area (Å²) in [5, 5.41) is 15.2. The molecule has 5 rings (SSSR count). The molecule has 8 nitrogen and oxygen atoms in total. The van der Waals surface area contributed by atoms with E-state index < -0.39 is 6.04 Å². The van der Waals surface area contributed by atoms with Gasteiger partial charge in [-0.25, -0.2) is 0 Å². The number of likely N-dealkylation sites (tertiary alicyclic amines) is 1. The van der Waals surface area contributed by atoms with Crippen LogP contribution in [0, 0.1) is 16.7 Å². The minimum Gasteiger partial charge on any atom is -0.381 e. The fraction of sp³-hybridized carbons (Fsp3) is 0.633. The summed E-state index contributed by atoms with van der Waals surface area (Å²) in [6.45, 7) is 10.3. The maximum Gasteiger partial charge on any atom is 0.290 e. The number of carbonyl (C=O) groups is 1. The molecular formula is C30H41N5O3. The number of carbonyl (C=O) groups excluding carboxylic acids is 1. The zero-order valence-electron chi connectivity index (χ0n) is 22.9. The second kappa shape index (κ2) is 11.6. The van der Waals surface area contributed by atoms with Crippen molar-refractivity contribution in [3.8, 4) is 6.07 Å². The van der Waals surface area contributed by atoms with E-state index in [2.05, 4.69) is 58.7 Å². The van der Waals surface area contributed by atoms with Crippen LogP contribution < -0.4 is 10.6 Å². The Balaban J connectivity index is 1.42. The summed E-state index contributed by atoms with van der Waals surface area (Å²) < 4.78 is 12.5. The van der Waals surface area contributed by atoms with Crippen molar-refractivity contribution in [3.05, 3.63) is 35.4 Å². The SMILES string of the molecule is CC1(C)CC=C(c2cc(C3(OCCN4CCCC4)CCOCC3)ccc2NC(=O)C2=NCC(C#N)N2)CC1. The fourth-order valence-electron chi connectivity index (χ4n) is 5.95. The monoisotopic (exact) mass is 519 g/mol. The number of allylic oxidation sites excluding steroid dienone is 2. The predicted octanol–water partition coefficient (Wildman–Crippen LogP) is 4.23. The van der Waals surface area contributed by atoms with Crippen molar-refractivity contribution in [2.75, 3.05) is 51.3 Å². The Labute approximate surface area is 226 Å². The van der Waals surface area contributed by atoms with E-state index in [1.807, 2.05) is 6.07 Å². The van der Waals surface area contributed by atoms with Gasteiger partial charge in [-0.1, -0.05) is 26.0 Å². The molecule has 0 radical (unpaired) electrons. The number of nitrogens with zero attached hydrogens (tertiary/aromatic N) is 3. The second-order valence-corrected chi connectivity index (χ2v) is 11.8. The van der Waals surface area contributed by atoms with Gasteiger partial charge in [-0.2, -0.15) is 5.26 Å². The summed E-state index contributed by atoms with van der Waals surface area (Å²) in [4.78, 5) is 19.8. The summed E-state index contributed by atoms with van der Waals surface area (Å²) in [6, 6.07) is 8.03. The molecular weight excluding hydrogens is 478 g/mol. The van der Waals surface area contributed by atoms with Crippen LogP contribution in [0.3, 0.4) is 0 Å². The molecule has 38 heavy (non-hydrogen) atoms. The number of hydrogen-bond donors (Lipinski definition) is 2. The van der Waals surface area contributed by atoms with Gasteiger partial charge >= 0.3 is 0 Å². The number of nitriles is 1. The van der Waals surface area contributed by atoms with Gasteiger partial charge in [-0.05, 0) is 73.9 Å². The van der Waals surface area contributed by atoms with Gasteiger partial charge in [-0.15, -0.1) is 0 Å². The predicted molar refractivity (Wildman–Crippen MR) is 149 cm³/mol. The average molecular weight is 520 g/mol. The average Bonchev–Trinajstić information content (AvgIpc) is 3.62. The summed E-state index contributed by atoms with van der Waals surface area (Å²) in [5.41, 5.74) is 4.13. The molecule has 8 heteroatoms. The molecule has 2 N–H and O–H groups in total. The van der Waals surface area contributed by atoms with Crippen molar-refractivity contribution in [1.29, 1.82) is 5.26 Å². The van der Waals surface area contributed by atoms with Gasteiger partial charge < -0.3 is 25.0 Å². The van der Waals surface area contributed by atoms with E-state index in [1.165, 1.54) is 18.4 Å². The molecule has 2 fully saturated rings. The number of aliphatic imine (C=N–C) groups is 1. The minimum absolute atomic E-state index is 0.219. The third-order valence-electron chi connectivity index (χ3n) is 8.51. The summed E-state index contributed by atoms with van der Waals surface area (Å²) >= 11 is 0. The normalized spacial score (nSPS) is 24.7. The van der Waals surface area contributed by atoms with Gasteiger partial charge in [0.25, 0.3) is 5.91 Å². The number of nitrogens with one attached hydrogen (secondary N) is 2. The highest BCUT2D eigenvalue weighted by Crippen LogP contribution is 2.43. The molecule has 1 aromatic rings. The van der Waals surface area contributed by atoms with Gasteiger partial charge in [0.15, 0.2) is 5.84 Å². The molecule has 1 aromatic carbocycles. The zero-order valence-corrected chi connectivity index (χ0v) is 22.9. The highest BCUT2D eigenvalue weighted by Gasteiger charge is 2.37. The van der Waals surface area contributed by atoms with Crippen molar-refractivity contribution < 1.29 is 14.3 Å². The van der Waals surface area contributed by atoms with Crippen molar-refractivity contribution in [2.45, 2.75) is 70.4 Å². The quantitative estimate of drug-likeness (QED) is 0.533. The first kappa shape index (κ1) is 26.9. The van der Waals surface area contributed by atoms with Crippen LogP contribution in [0.2, 0.25) is 0 Å². The molecule has 1 aliphatic carbocycles. The summed E-state index contributed by atoms with van der Waals surface area (Å²) in [6.07, 6.45) is 9.59. The lowest BCUT2D eigenvalue weighted by Gasteiger charge is -2.39. The van der Waals surface area contributed by atoms with E-state index >= 15 is 0 Å². The van der Waals surface area contributed by atoms with E-state index in [0.29, 0.717) is 26.4 Å². The van der Waals surface area contributed by atoms with Crippen LogP contribution in [0.25, 0.3) is 5.57 Å². The lowest BCUT2D eigenvalue weighted by Crippen LogP contribution is -2.39.